The molecular formula is C15H16N4O5S2. The molecule has 1 aromatic heterocycles. The van der Waals surface area contributed by atoms with E-state index in [2.05, 4.69) is 10.3 Å². The van der Waals surface area contributed by atoms with Gasteiger partial charge >= 0.3 is 0 Å². The van der Waals surface area contributed by atoms with E-state index in [-0.39, 0.29) is 5.69 Å². The summed E-state index contributed by atoms with van der Waals surface area (Å²) in [7, 11) is -3.45. The van der Waals surface area contributed by atoms with Gasteiger partial charge in [0.05, 0.1) is 16.9 Å². The summed E-state index contributed by atoms with van der Waals surface area (Å²) in [5.74, 6) is -0.423. The lowest BCUT2D eigenvalue weighted by Crippen LogP contribution is -2.42. The van der Waals surface area contributed by atoms with Gasteiger partial charge in [-0.3, -0.25) is 14.9 Å². The van der Waals surface area contributed by atoms with E-state index in [1.807, 2.05) is 0 Å². The topological polar surface area (TPSA) is 123 Å². The van der Waals surface area contributed by atoms with E-state index >= 15 is 0 Å². The SMILES string of the molecule is CS(=O)(=O)N1CCCC1C(=O)Nc1nc(-c2cccc([N+](=O)[O-])c2)cs1. The Morgan fingerprint density at radius 2 is 2.23 bits per heavy atom. The van der Waals surface area contributed by atoms with Crippen molar-refractivity contribution >= 4 is 38.1 Å². The minimum Gasteiger partial charge on any atom is -0.301 e. The van der Waals surface area contributed by atoms with Crippen molar-refractivity contribution in [2.75, 3.05) is 18.1 Å². The molecule has 0 bridgehead atoms. The number of thiazole rings is 1. The highest BCUT2D eigenvalue weighted by molar-refractivity contribution is 7.88. The Kier molecular flexibility index (Phi) is 5.03. The monoisotopic (exact) mass is 396 g/mol. The number of nitrogens with zero attached hydrogens (tertiary/aromatic N) is 3. The Morgan fingerprint density at radius 3 is 2.92 bits per heavy atom. The molecule has 1 aliphatic rings. The number of sulfonamides is 1. The van der Waals surface area contributed by atoms with Gasteiger partial charge in [0, 0.05) is 29.6 Å². The normalized spacial score (nSPS) is 18.0. The van der Waals surface area contributed by atoms with E-state index in [0.29, 0.717) is 35.8 Å². The summed E-state index contributed by atoms with van der Waals surface area (Å²) in [6.07, 6.45) is 2.17. The van der Waals surface area contributed by atoms with Gasteiger partial charge in [0.15, 0.2) is 5.13 Å². The number of non-ortho nitro benzene ring substituents is 1. The second-order valence-corrected chi connectivity index (χ2v) is 8.66. The minimum absolute atomic E-state index is 0.0455. The van der Waals surface area contributed by atoms with Gasteiger partial charge in [-0.05, 0) is 12.8 Å². The van der Waals surface area contributed by atoms with Crippen LogP contribution < -0.4 is 5.32 Å². The molecule has 1 unspecified atom stereocenters. The molecule has 3 rings (SSSR count). The van der Waals surface area contributed by atoms with Crippen LogP contribution >= 0.6 is 11.3 Å². The molecule has 0 saturated carbocycles. The fourth-order valence-corrected chi connectivity index (χ4v) is 4.68. The van der Waals surface area contributed by atoms with Gasteiger partial charge in [0.1, 0.15) is 6.04 Å². The standard InChI is InChI=1S/C15H16N4O5S2/c1-26(23,24)18-7-3-6-13(18)14(20)17-15-16-12(9-25-15)10-4-2-5-11(8-10)19(21)22/h2,4-5,8-9,13H,3,6-7H2,1H3,(H,16,17,20). The average Bonchev–Trinajstić information content (AvgIpc) is 3.23. The number of carbonyl (C=O) groups excluding carboxylic acids is 1. The van der Waals surface area contributed by atoms with Crippen molar-refractivity contribution in [3.63, 3.8) is 0 Å². The van der Waals surface area contributed by atoms with E-state index in [0.717, 1.165) is 6.26 Å². The van der Waals surface area contributed by atoms with Crippen molar-refractivity contribution in [3.8, 4) is 11.3 Å². The summed E-state index contributed by atoms with van der Waals surface area (Å²) in [5, 5.41) is 15.5. The average molecular weight is 396 g/mol. The van der Waals surface area contributed by atoms with Crippen LogP contribution in [0.3, 0.4) is 0 Å². The lowest BCUT2D eigenvalue weighted by Gasteiger charge is -2.20. The van der Waals surface area contributed by atoms with E-state index in [9.17, 15) is 23.3 Å². The number of nitro groups is 1. The van der Waals surface area contributed by atoms with E-state index in [1.54, 1.807) is 17.5 Å². The van der Waals surface area contributed by atoms with E-state index < -0.39 is 26.9 Å². The quantitative estimate of drug-likeness (QED) is 0.610. The zero-order valence-corrected chi connectivity index (χ0v) is 15.4. The van der Waals surface area contributed by atoms with Gasteiger partial charge in [-0.2, -0.15) is 4.31 Å². The van der Waals surface area contributed by atoms with Crippen LogP contribution in [0, 0.1) is 10.1 Å². The number of carbonyl (C=O) groups is 1. The molecule has 1 aromatic carbocycles. The van der Waals surface area contributed by atoms with E-state index in [4.69, 9.17) is 0 Å². The van der Waals surface area contributed by atoms with Crippen LogP contribution in [-0.2, 0) is 14.8 Å². The maximum absolute atomic E-state index is 12.4. The summed E-state index contributed by atoms with van der Waals surface area (Å²) >= 11 is 1.17. The Bertz CT molecular complexity index is 956. The predicted octanol–water partition coefficient (Wildman–Crippen LogP) is 2.08. The second-order valence-electron chi connectivity index (χ2n) is 5.87. The molecule has 9 nitrogen and oxygen atoms in total. The third-order valence-corrected chi connectivity index (χ3v) is 6.07. The first-order chi connectivity index (χ1) is 12.3. The van der Waals surface area contributed by atoms with Crippen molar-refractivity contribution in [2.45, 2.75) is 18.9 Å². The van der Waals surface area contributed by atoms with Crippen LogP contribution in [-0.4, -0.2) is 47.4 Å². The number of rotatable bonds is 5. The number of benzene rings is 1. The molecule has 0 aliphatic carbocycles. The Hall–Kier alpha value is -2.37. The molecule has 0 radical (unpaired) electrons. The second kappa shape index (κ2) is 7.09. The van der Waals surface area contributed by atoms with Crippen molar-refractivity contribution in [3.05, 3.63) is 39.8 Å². The highest BCUT2D eigenvalue weighted by atomic mass is 32.2. The molecule has 1 fully saturated rings. The molecule has 1 atom stereocenters. The number of amides is 1. The van der Waals surface area contributed by atoms with Crippen molar-refractivity contribution in [1.29, 1.82) is 0 Å². The number of anilines is 1. The zero-order chi connectivity index (χ0) is 18.9. The maximum atomic E-state index is 12.4. The van der Waals surface area contributed by atoms with Crippen molar-refractivity contribution < 1.29 is 18.1 Å². The first-order valence-corrected chi connectivity index (χ1v) is 10.5. The van der Waals surface area contributed by atoms with Gasteiger partial charge in [0.25, 0.3) is 5.69 Å². The number of hydrogen-bond acceptors (Lipinski definition) is 7. The summed E-state index contributed by atoms with van der Waals surface area (Å²) in [5.41, 5.74) is 1.02. The lowest BCUT2D eigenvalue weighted by atomic mass is 10.1. The first kappa shape index (κ1) is 18.4. The predicted molar refractivity (Wildman–Crippen MR) is 97.4 cm³/mol. The maximum Gasteiger partial charge on any atom is 0.270 e. The Labute approximate surface area is 153 Å². The fraction of sp³-hybridized carbons (Fsp3) is 0.333. The Balaban J connectivity index is 1.75. The highest BCUT2D eigenvalue weighted by Gasteiger charge is 2.36. The molecule has 1 N–H and O–H groups in total. The molecular weight excluding hydrogens is 380 g/mol. The van der Waals surface area contributed by atoms with Gasteiger partial charge in [-0.1, -0.05) is 12.1 Å². The zero-order valence-electron chi connectivity index (χ0n) is 13.8. The molecule has 1 saturated heterocycles. The fourth-order valence-electron chi connectivity index (χ4n) is 2.83. The van der Waals surface area contributed by atoms with Crippen LogP contribution in [0.25, 0.3) is 11.3 Å². The van der Waals surface area contributed by atoms with Crippen LogP contribution in [0.1, 0.15) is 12.8 Å². The van der Waals surface area contributed by atoms with Crippen molar-refractivity contribution in [1.82, 2.24) is 9.29 Å². The van der Waals surface area contributed by atoms with Gasteiger partial charge in [-0.15, -0.1) is 11.3 Å². The minimum atomic E-state index is -3.45. The summed E-state index contributed by atoms with van der Waals surface area (Å²) in [6.45, 7) is 0.327. The van der Waals surface area contributed by atoms with Crippen molar-refractivity contribution in [2.24, 2.45) is 0 Å². The smallest absolute Gasteiger partial charge is 0.270 e. The van der Waals surface area contributed by atoms with Gasteiger partial charge in [0.2, 0.25) is 15.9 Å². The molecule has 2 heterocycles. The molecule has 1 amide bonds. The van der Waals surface area contributed by atoms with Gasteiger partial charge in [-0.25, -0.2) is 13.4 Å². The molecule has 138 valence electrons. The number of hydrogen-bond donors (Lipinski definition) is 1. The molecule has 2 aromatic rings. The first-order valence-electron chi connectivity index (χ1n) is 7.74. The van der Waals surface area contributed by atoms with Crippen LogP contribution in [0.4, 0.5) is 10.8 Å². The van der Waals surface area contributed by atoms with Gasteiger partial charge < -0.3 is 5.32 Å². The molecule has 26 heavy (non-hydrogen) atoms. The van der Waals surface area contributed by atoms with E-state index in [1.165, 1.54) is 27.8 Å². The largest absolute Gasteiger partial charge is 0.301 e. The summed E-state index contributed by atoms with van der Waals surface area (Å²) in [6, 6.07) is 5.31. The number of nitrogens with one attached hydrogen (secondary N) is 1. The molecule has 1 aliphatic heterocycles. The third-order valence-electron chi connectivity index (χ3n) is 4.02. The highest BCUT2D eigenvalue weighted by Crippen LogP contribution is 2.28. The van der Waals surface area contributed by atoms with Crippen LogP contribution in [0.5, 0.6) is 0 Å². The third kappa shape index (κ3) is 3.89. The number of nitro benzene ring substituents is 1. The summed E-state index contributed by atoms with van der Waals surface area (Å²) in [4.78, 5) is 27.1. The van der Waals surface area contributed by atoms with Crippen LogP contribution in [0.2, 0.25) is 0 Å². The lowest BCUT2D eigenvalue weighted by molar-refractivity contribution is -0.384. The Morgan fingerprint density at radius 1 is 1.46 bits per heavy atom. The summed E-state index contributed by atoms with van der Waals surface area (Å²) < 4.78 is 24.7. The molecule has 0 spiro atoms. The van der Waals surface area contributed by atoms with Crippen LogP contribution in [0.15, 0.2) is 29.6 Å². The molecule has 11 heteroatoms. The number of aromatic nitrogens is 1.